The molecule has 1 fully saturated rings. The smallest absolute Gasteiger partial charge is 0.333 e. The maximum absolute atomic E-state index is 11.8. The lowest BCUT2D eigenvalue weighted by atomic mass is 10.0. The molecule has 0 unspecified atom stereocenters. The van der Waals surface area contributed by atoms with Gasteiger partial charge in [-0.15, -0.1) is 0 Å². The summed E-state index contributed by atoms with van der Waals surface area (Å²) in [6.45, 7) is 3.43. The monoisotopic (exact) mass is 222 g/mol. The fraction of sp³-hybridized carbons (Fsp3) is 0.538. The zero-order valence-corrected chi connectivity index (χ0v) is 10.1. The van der Waals surface area contributed by atoms with E-state index in [1.54, 1.807) is 6.92 Å². The fourth-order valence-electron chi connectivity index (χ4n) is 1.88. The molecule has 0 bridgehead atoms. The van der Waals surface area contributed by atoms with Crippen molar-refractivity contribution in [1.29, 1.82) is 0 Å². The van der Waals surface area contributed by atoms with Crippen LogP contribution in [0, 0.1) is 0 Å². The van der Waals surface area contributed by atoms with Crippen LogP contribution in [0.25, 0.3) is 0 Å². The second kappa shape index (κ2) is 5.64. The Hall–Kier alpha value is -1.38. The van der Waals surface area contributed by atoms with Crippen LogP contribution in [0.4, 0.5) is 0 Å². The zero-order chi connectivity index (χ0) is 12.1. The van der Waals surface area contributed by atoms with E-state index < -0.39 is 5.97 Å². The van der Waals surface area contributed by atoms with Crippen LogP contribution in [-0.4, -0.2) is 18.9 Å². The van der Waals surface area contributed by atoms with Gasteiger partial charge in [0, 0.05) is 5.57 Å². The van der Waals surface area contributed by atoms with E-state index in [1.807, 2.05) is 6.92 Å². The number of carbonyl (C=O) groups is 2. The van der Waals surface area contributed by atoms with Crippen molar-refractivity contribution in [3.63, 3.8) is 0 Å². The maximum atomic E-state index is 11.8. The molecule has 0 N–H and O–H groups in total. The quantitative estimate of drug-likeness (QED) is 0.544. The second-order valence-corrected chi connectivity index (χ2v) is 4.12. The Morgan fingerprint density at radius 1 is 1.19 bits per heavy atom. The summed E-state index contributed by atoms with van der Waals surface area (Å²) < 4.78 is 4.54. The molecule has 1 saturated carbocycles. The summed E-state index contributed by atoms with van der Waals surface area (Å²) in [6, 6.07) is 0. The zero-order valence-electron chi connectivity index (χ0n) is 10.1. The van der Waals surface area contributed by atoms with E-state index in [4.69, 9.17) is 0 Å². The molecule has 1 aliphatic carbocycles. The number of ether oxygens (including phenoxy) is 1. The molecule has 16 heavy (non-hydrogen) atoms. The van der Waals surface area contributed by atoms with Gasteiger partial charge in [0.2, 0.25) is 0 Å². The fourth-order valence-corrected chi connectivity index (χ4v) is 1.88. The van der Waals surface area contributed by atoms with Gasteiger partial charge in [0.25, 0.3) is 0 Å². The van der Waals surface area contributed by atoms with Gasteiger partial charge in [-0.3, -0.25) is 4.79 Å². The number of methoxy groups -OCH3 is 1. The molecule has 3 nitrogen and oxygen atoms in total. The van der Waals surface area contributed by atoms with Gasteiger partial charge in [-0.1, -0.05) is 5.57 Å². The van der Waals surface area contributed by atoms with Crippen LogP contribution >= 0.6 is 0 Å². The van der Waals surface area contributed by atoms with Crippen LogP contribution < -0.4 is 0 Å². The van der Waals surface area contributed by atoms with Crippen molar-refractivity contribution < 1.29 is 14.3 Å². The number of rotatable bonds is 3. The van der Waals surface area contributed by atoms with Gasteiger partial charge in [0.15, 0.2) is 5.78 Å². The highest BCUT2D eigenvalue weighted by Gasteiger charge is 2.14. The van der Waals surface area contributed by atoms with Crippen molar-refractivity contribution in [2.75, 3.05) is 7.11 Å². The molecule has 0 aromatic rings. The molecule has 0 radical (unpaired) electrons. The molecule has 3 heteroatoms. The molecule has 0 amide bonds. The van der Waals surface area contributed by atoms with Crippen molar-refractivity contribution in [3.05, 3.63) is 22.8 Å². The van der Waals surface area contributed by atoms with E-state index >= 15 is 0 Å². The van der Waals surface area contributed by atoms with Crippen LogP contribution in [0.15, 0.2) is 22.8 Å². The Labute approximate surface area is 96.2 Å². The Morgan fingerprint density at radius 3 is 2.25 bits per heavy atom. The third-order valence-electron chi connectivity index (χ3n) is 2.96. The van der Waals surface area contributed by atoms with Gasteiger partial charge in [-0.05, 0) is 51.2 Å². The van der Waals surface area contributed by atoms with E-state index in [2.05, 4.69) is 4.74 Å². The molecule has 0 heterocycles. The van der Waals surface area contributed by atoms with Gasteiger partial charge in [-0.2, -0.15) is 0 Å². The predicted octanol–water partition coefficient (Wildman–Crippen LogP) is 2.57. The third kappa shape index (κ3) is 3.05. The first kappa shape index (κ1) is 12.7. The number of hydrogen-bond donors (Lipinski definition) is 0. The van der Waals surface area contributed by atoms with Crippen LogP contribution in [-0.2, 0) is 14.3 Å². The first-order valence-electron chi connectivity index (χ1n) is 5.56. The molecule has 0 aromatic heterocycles. The van der Waals surface area contributed by atoms with Crippen LogP contribution in [0.5, 0.6) is 0 Å². The predicted molar refractivity (Wildman–Crippen MR) is 61.9 cm³/mol. The molecule has 88 valence electrons. The average Bonchev–Trinajstić information content (AvgIpc) is 2.79. The van der Waals surface area contributed by atoms with Gasteiger partial charge in [-0.25, -0.2) is 4.79 Å². The van der Waals surface area contributed by atoms with Crippen molar-refractivity contribution in [2.45, 2.75) is 39.5 Å². The lowest BCUT2D eigenvalue weighted by Gasteiger charge is -2.03. The van der Waals surface area contributed by atoms with Gasteiger partial charge in [0.05, 0.1) is 7.11 Å². The van der Waals surface area contributed by atoms with E-state index in [0.717, 1.165) is 18.4 Å². The van der Waals surface area contributed by atoms with Gasteiger partial charge >= 0.3 is 5.97 Å². The number of hydrogen-bond acceptors (Lipinski definition) is 3. The van der Waals surface area contributed by atoms with E-state index in [1.165, 1.54) is 31.6 Å². The molecule has 0 aliphatic heterocycles. The summed E-state index contributed by atoms with van der Waals surface area (Å²) in [5, 5.41) is 0. The minimum absolute atomic E-state index is 0.0696. The number of carbonyl (C=O) groups excluding carboxylic acids is 2. The first-order chi connectivity index (χ1) is 7.56. The van der Waals surface area contributed by atoms with Crippen LogP contribution in [0.2, 0.25) is 0 Å². The summed E-state index contributed by atoms with van der Waals surface area (Å²) >= 11 is 0. The summed E-state index contributed by atoms with van der Waals surface area (Å²) in [6.07, 6.45) is 5.73. The summed E-state index contributed by atoms with van der Waals surface area (Å²) in [5.41, 5.74) is 2.38. The number of ketones is 1. The van der Waals surface area contributed by atoms with E-state index in [9.17, 15) is 9.59 Å². The lowest BCUT2D eigenvalue weighted by Crippen LogP contribution is -2.06. The van der Waals surface area contributed by atoms with E-state index in [-0.39, 0.29) is 5.78 Å². The molecule has 0 saturated heterocycles. The van der Waals surface area contributed by atoms with Gasteiger partial charge in [0.1, 0.15) is 0 Å². The highest BCUT2D eigenvalue weighted by atomic mass is 16.5. The normalized spacial score (nSPS) is 16.2. The largest absolute Gasteiger partial charge is 0.466 e. The van der Waals surface area contributed by atoms with Crippen molar-refractivity contribution in [2.24, 2.45) is 0 Å². The molecule has 1 aliphatic rings. The summed E-state index contributed by atoms with van der Waals surface area (Å²) in [4.78, 5) is 23.0. The molecule has 0 spiro atoms. The van der Waals surface area contributed by atoms with Crippen molar-refractivity contribution in [1.82, 2.24) is 0 Å². The van der Waals surface area contributed by atoms with Crippen molar-refractivity contribution in [3.8, 4) is 0 Å². The SMILES string of the molecule is COC(=O)/C(C)=C/C(=O)C(C)=C1CCCC1. The number of allylic oxidation sites excluding steroid dienone is 3. The Balaban J connectivity index is 2.79. The second-order valence-electron chi connectivity index (χ2n) is 4.12. The first-order valence-corrected chi connectivity index (χ1v) is 5.56. The summed E-state index contributed by atoms with van der Waals surface area (Å²) in [5.74, 6) is -0.516. The Morgan fingerprint density at radius 2 is 1.75 bits per heavy atom. The summed E-state index contributed by atoms with van der Waals surface area (Å²) in [7, 11) is 1.31. The average molecular weight is 222 g/mol. The minimum atomic E-state index is -0.447. The highest BCUT2D eigenvalue weighted by molar-refractivity contribution is 6.08. The molecular formula is C13H18O3. The topological polar surface area (TPSA) is 43.4 Å². The maximum Gasteiger partial charge on any atom is 0.333 e. The van der Waals surface area contributed by atoms with Crippen molar-refractivity contribution >= 4 is 11.8 Å². The molecule has 0 atom stereocenters. The number of esters is 1. The van der Waals surface area contributed by atoms with Crippen LogP contribution in [0.3, 0.4) is 0 Å². The highest BCUT2D eigenvalue weighted by Crippen LogP contribution is 2.27. The van der Waals surface area contributed by atoms with Gasteiger partial charge < -0.3 is 4.74 Å². The molecule has 0 aromatic carbocycles. The lowest BCUT2D eigenvalue weighted by molar-refractivity contribution is -0.136. The van der Waals surface area contributed by atoms with E-state index in [0.29, 0.717) is 5.57 Å². The van der Waals surface area contributed by atoms with Crippen LogP contribution in [0.1, 0.15) is 39.5 Å². The minimum Gasteiger partial charge on any atom is -0.466 e. The molecular weight excluding hydrogens is 204 g/mol. The third-order valence-corrected chi connectivity index (χ3v) is 2.96. The standard InChI is InChI=1S/C13H18O3/c1-9(13(15)16-3)8-12(14)10(2)11-6-4-5-7-11/h8H,4-7H2,1-3H3/b9-8+. The Kier molecular flexibility index (Phi) is 4.47. The molecule has 1 rings (SSSR count). The Bertz CT molecular complexity index is 353.